The minimum Gasteiger partial charge on any atom is -0.459 e. The molecule has 2 saturated carbocycles. The van der Waals surface area contributed by atoms with E-state index in [1.165, 1.54) is 0 Å². The third-order valence-corrected chi connectivity index (χ3v) is 7.88. The summed E-state index contributed by atoms with van der Waals surface area (Å²) in [5.41, 5.74) is -1.17. The van der Waals surface area contributed by atoms with Gasteiger partial charge in [0, 0.05) is 29.1 Å². The Bertz CT molecular complexity index is 685. The molecular weight excluding hydrogens is 324 g/mol. The quantitative estimate of drug-likeness (QED) is 0.433. The standard InChI is InChI=1S/C19H26O6/c1-7-5-10(20)16(23)18(3)9(7)6-11(21)19(4)12-8(2)14(25-17(12)24)13(22)15(18)19/h5,8-10,12-16,20,22-23H,6H2,1-4H3. The molecule has 0 aromatic rings. The molecule has 25 heavy (non-hydrogen) atoms. The van der Waals surface area contributed by atoms with Crippen LogP contribution in [0.25, 0.3) is 0 Å². The zero-order valence-corrected chi connectivity index (χ0v) is 15.0. The van der Waals surface area contributed by atoms with Crippen molar-refractivity contribution in [3.8, 4) is 0 Å². The Labute approximate surface area is 146 Å². The van der Waals surface area contributed by atoms with Gasteiger partial charge in [0.15, 0.2) is 0 Å². The number of hydrogen-bond acceptors (Lipinski definition) is 6. The van der Waals surface area contributed by atoms with E-state index in [1.54, 1.807) is 13.0 Å². The van der Waals surface area contributed by atoms with E-state index in [-0.39, 0.29) is 24.0 Å². The van der Waals surface area contributed by atoms with E-state index in [0.717, 1.165) is 5.57 Å². The van der Waals surface area contributed by atoms with E-state index >= 15 is 0 Å². The van der Waals surface area contributed by atoms with Gasteiger partial charge in [0.1, 0.15) is 11.9 Å². The molecule has 0 amide bonds. The zero-order chi connectivity index (χ0) is 18.5. The van der Waals surface area contributed by atoms with Gasteiger partial charge in [-0.3, -0.25) is 9.59 Å². The summed E-state index contributed by atoms with van der Waals surface area (Å²) in [7, 11) is 0. The van der Waals surface area contributed by atoms with Crippen molar-refractivity contribution in [2.45, 2.75) is 58.5 Å². The van der Waals surface area contributed by atoms with Crippen molar-refractivity contribution in [1.29, 1.82) is 0 Å². The fourth-order valence-corrected chi connectivity index (χ4v) is 6.72. The van der Waals surface area contributed by atoms with Gasteiger partial charge in [-0.1, -0.05) is 32.4 Å². The first-order valence-electron chi connectivity index (χ1n) is 9.02. The van der Waals surface area contributed by atoms with Crippen LogP contribution in [0.4, 0.5) is 0 Å². The number of rotatable bonds is 0. The van der Waals surface area contributed by atoms with Gasteiger partial charge in [-0.2, -0.15) is 0 Å². The Balaban J connectivity index is 1.94. The molecule has 6 heteroatoms. The highest BCUT2D eigenvalue weighted by molar-refractivity contribution is 5.93. The highest BCUT2D eigenvalue weighted by Crippen LogP contribution is 2.66. The van der Waals surface area contributed by atoms with E-state index in [1.807, 2.05) is 20.8 Å². The highest BCUT2D eigenvalue weighted by Gasteiger charge is 2.74. The van der Waals surface area contributed by atoms with Crippen LogP contribution in [0.15, 0.2) is 11.6 Å². The average Bonchev–Trinajstić information content (AvgIpc) is 2.78. The summed E-state index contributed by atoms with van der Waals surface area (Å²) in [6.45, 7) is 7.26. The first kappa shape index (κ1) is 17.2. The Morgan fingerprint density at radius 3 is 2.48 bits per heavy atom. The van der Waals surface area contributed by atoms with Gasteiger partial charge in [-0.15, -0.1) is 0 Å². The van der Waals surface area contributed by atoms with E-state index in [9.17, 15) is 24.9 Å². The van der Waals surface area contributed by atoms with Gasteiger partial charge < -0.3 is 20.1 Å². The second kappa shape index (κ2) is 4.93. The van der Waals surface area contributed by atoms with Crippen LogP contribution < -0.4 is 0 Å². The molecule has 0 radical (unpaired) electrons. The van der Waals surface area contributed by atoms with E-state index in [0.29, 0.717) is 0 Å². The normalized spacial score (nSPS) is 57.5. The van der Waals surface area contributed by atoms with Gasteiger partial charge in [-0.05, 0) is 12.8 Å². The first-order valence-corrected chi connectivity index (χ1v) is 9.02. The van der Waals surface area contributed by atoms with Gasteiger partial charge in [0.2, 0.25) is 0 Å². The molecule has 4 aliphatic rings. The summed E-state index contributed by atoms with van der Waals surface area (Å²) in [4.78, 5) is 25.7. The van der Waals surface area contributed by atoms with Crippen molar-refractivity contribution in [1.82, 2.24) is 0 Å². The molecule has 6 nitrogen and oxygen atoms in total. The Kier molecular flexibility index (Phi) is 3.39. The maximum absolute atomic E-state index is 13.2. The van der Waals surface area contributed by atoms with Gasteiger partial charge in [0.25, 0.3) is 0 Å². The van der Waals surface area contributed by atoms with Crippen molar-refractivity contribution in [3.63, 3.8) is 0 Å². The lowest BCUT2D eigenvalue weighted by Crippen LogP contribution is -2.70. The molecule has 3 aliphatic carbocycles. The highest BCUT2D eigenvalue weighted by atomic mass is 16.6. The van der Waals surface area contributed by atoms with Crippen LogP contribution in [0.2, 0.25) is 0 Å². The topological polar surface area (TPSA) is 104 Å². The number of hydrogen-bond donors (Lipinski definition) is 3. The number of aliphatic hydroxyl groups is 3. The summed E-state index contributed by atoms with van der Waals surface area (Å²) in [6.07, 6.45) is -2.10. The number of carbonyl (C=O) groups excluding carboxylic acids is 2. The Hall–Kier alpha value is -1.24. The maximum atomic E-state index is 13.2. The molecule has 1 heterocycles. The second-order valence-corrected chi connectivity index (χ2v) is 8.88. The van der Waals surface area contributed by atoms with Crippen LogP contribution in [-0.2, 0) is 14.3 Å². The van der Waals surface area contributed by atoms with Crippen LogP contribution in [0.3, 0.4) is 0 Å². The molecule has 10 unspecified atom stereocenters. The third-order valence-electron chi connectivity index (χ3n) is 7.88. The van der Waals surface area contributed by atoms with Crippen LogP contribution >= 0.6 is 0 Å². The third kappa shape index (κ3) is 1.76. The predicted molar refractivity (Wildman–Crippen MR) is 87.1 cm³/mol. The molecule has 0 spiro atoms. The van der Waals surface area contributed by atoms with Crippen molar-refractivity contribution in [2.24, 2.45) is 34.5 Å². The molecule has 138 valence electrons. The average molecular weight is 350 g/mol. The fraction of sp³-hybridized carbons (Fsp3) is 0.789. The molecule has 0 aromatic carbocycles. The molecule has 4 rings (SSSR count). The number of Topliss-reactive ketones (excluding diaryl/α,β-unsaturated/α-hetero) is 1. The molecule has 2 bridgehead atoms. The molecule has 10 atom stereocenters. The largest absolute Gasteiger partial charge is 0.459 e. The lowest BCUT2D eigenvalue weighted by molar-refractivity contribution is -0.219. The van der Waals surface area contributed by atoms with Crippen molar-refractivity contribution >= 4 is 11.8 Å². The minimum absolute atomic E-state index is 0.0653. The molecular formula is C19H26O6. The van der Waals surface area contributed by atoms with Crippen LogP contribution in [-0.4, -0.2) is 51.5 Å². The second-order valence-electron chi connectivity index (χ2n) is 8.88. The zero-order valence-electron chi connectivity index (χ0n) is 15.0. The predicted octanol–water partition coefficient (Wildman–Crippen LogP) is 0.438. The van der Waals surface area contributed by atoms with Crippen LogP contribution in [0.1, 0.15) is 34.1 Å². The van der Waals surface area contributed by atoms with Crippen molar-refractivity contribution in [2.75, 3.05) is 0 Å². The van der Waals surface area contributed by atoms with E-state index in [2.05, 4.69) is 0 Å². The van der Waals surface area contributed by atoms with Gasteiger partial charge in [-0.25, -0.2) is 0 Å². The summed E-state index contributed by atoms with van der Waals surface area (Å²) >= 11 is 0. The van der Waals surface area contributed by atoms with Gasteiger partial charge >= 0.3 is 5.97 Å². The number of ketones is 1. The lowest BCUT2D eigenvalue weighted by Gasteiger charge is -2.63. The maximum Gasteiger partial charge on any atom is 0.310 e. The molecule has 3 fully saturated rings. The number of aliphatic hydroxyl groups excluding tert-OH is 3. The van der Waals surface area contributed by atoms with Crippen LogP contribution in [0, 0.1) is 34.5 Å². The van der Waals surface area contributed by atoms with E-state index < -0.39 is 53.1 Å². The Morgan fingerprint density at radius 2 is 1.84 bits per heavy atom. The monoisotopic (exact) mass is 350 g/mol. The lowest BCUT2D eigenvalue weighted by atomic mass is 9.40. The number of carbonyl (C=O) groups is 2. The summed E-state index contributed by atoms with van der Waals surface area (Å²) in [5, 5.41) is 32.3. The number of allylic oxidation sites excluding steroid dienone is 1. The summed E-state index contributed by atoms with van der Waals surface area (Å²) in [6, 6.07) is 0. The number of fused-ring (bicyclic) bond motifs is 6. The number of esters is 1. The van der Waals surface area contributed by atoms with Crippen molar-refractivity contribution < 1.29 is 29.6 Å². The van der Waals surface area contributed by atoms with Gasteiger partial charge in [0.05, 0.1) is 24.2 Å². The van der Waals surface area contributed by atoms with Crippen molar-refractivity contribution in [3.05, 3.63) is 11.6 Å². The fourth-order valence-electron chi connectivity index (χ4n) is 6.72. The molecule has 1 aliphatic heterocycles. The number of ether oxygens (including phenoxy) is 1. The molecule has 1 saturated heterocycles. The smallest absolute Gasteiger partial charge is 0.310 e. The Morgan fingerprint density at radius 1 is 1.20 bits per heavy atom. The summed E-state index contributed by atoms with van der Waals surface area (Å²) in [5.74, 6) is -2.30. The summed E-state index contributed by atoms with van der Waals surface area (Å²) < 4.78 is 5.43. The van der Waals surface area contributed by atoms with E-state index in [4.69, 9.17) is 4.74 Å². The molecule has 0 aromatic heterocycles. The SMILES string of the molecule is CC1=CC(O)C(O)C2(C)C1CC(=O)C1(C)C3C(=O)OC(C3C)C(O)C12. The molecule has 3 N–H and O–H groups in total. The van der Waals surface area contributed by atoms with Crippen LogP contribution in [0.5, 0.6) is 0 Å². The minimum atomic E-state index is -1.11. The first-order chi connectivity index (χ1) is 11.6.